The van der Waals surface area contributed by atoms with Crippen LogP contribution in [0.25, 0.3) is 0 Å². The highest BCUT2D eigenvalue weighted by atomic mass is 15.3. The van der Waals surface area contributed by atoms with Crippen molar-refractivity contribution in [3.8, 4) is 0 Å². The first-order valence-electron chi connectivity index (χ1n) is 8.29. The first kappa shape index (κ1) is 18.2. The number of nitrogens with zero attached hydrogens (tertiary/aromatic N) is 3. The Morgan fingerprint density at radius 1 is 1.10 bits per heavy atom. The zero-order valence-electron chi connectivity index (χ0n) is 14.7. The average Bonchev–Trinajstić information content (AvgIpc) is 2.77. The standard InChI is InChI=1S/C17H34N4/c1-13(2)7-9-21(10-8-14(3)4)17(15(5)18)16-11-19-20(6)12-16/h11-15,17H,7-10,18H2,1-6H3. The normalized spacial score (nSPS) is 15.1. The molecule has 1 rings (SSSR count). The quantitative estimate of drug-likeness (QED) is 0.761. The fourth-order valence-corrected chi connectivity index (χ4v) is 2.68. The highest BCUT2D eigenvalue weighted by Gasteiger charge is 2.25. The second-order valence-corrected chi connectivity index (χ2v) is 7.15. The molecule has 0 amide bonds. The number of hydrogen-bond acceptors (Lipinski definition) is 3. The van der Waals surface area contributed by atoms with Crippen LogP contribution in [-0.2, 0) is 7.05 Å². The summed E-state index contributed by atoms with van der Waals surface area (Å²) < 4.78 is 1.87. The molecule has 0 bridgehead atoms. The van der Waals surface area contributed by atoms with Crippen LogP contribution in [0.3, 0.4) is 0 Å². The molecule has 0 saturated carbocycles. The molecule has 2 atom stereocenters. The number of hydrogen-bond donors (Lipinski definition) is 1. The van der Waals surface area contributed by atoms with Crippen LogP contribution in [0, 0.1) is 11.8 Å². The minimum absolute atomic E-state index is 0.105. The predicted molar refractivity (Wildman–Crippen MR) is 90.1 cm³/mol. The zero-order valence-corrected chi connectivity index (χ0v) is 14.7. The van der Waals surface area contributed by atoms with Gasteiger partial charge in [-0.2, -0.15) is 5.10 Å². The molecule has 0 aliphatic rings. The number of rotatable bonds is 9. The molecule has 0 saturated heterocycles. The molecule has 122 valence electrons. The highest BCUT2D eigenvalue weighted by molar-refractivity contribution is 5.13. The summed E-state index contributed by atoms with van der Waals surface area (Å²) in [7, 11) is 1.97. The van der Waals surface area contributed by atoms with Gasteiger partial charge in [0.15, 0.2) is 0 Å². The van der Waals surface area contributed by atoms with Crippen molar-refractivity contribution in [1.82, 2.24) is 14.7 Å². The first-order chi connectivity index (χ1) is 9.81. The summed E-state index contributed by atoms with van der Waals surface area (Å²) in [6, 6.07) is 0.365. The van der Waals surface area contributed by atoms with Gasteiger partial charge in [-0.25, -0.2) is 0 Å². The largest absolute Gasteiger partial charge is 0.326 e. The van der Waals surface area contributed by atoms with Crippen molar-refractivity contribution in [2.24, 2.45) is 24.6 Å². The van der Waals surface area contributed by atoms with Gasteiger partial charge in [-0.3, -0.25) is 9.58 Å². The van der Waals surface area contributed by atoms with Gasteiger partial charge in [0.25, 0.3) is 0 Å². The molecule has 0 fully saturated rings. The SMILES string of the molecule is CC(C)CCN(CCC(C)C)C(c1cnn(C)c1)C(C)N. The summed E-state index contributed by atoms with van der Waals surface area (Å²) >= 11 is 0. The Hall–Kier alpha value is -0.870. The van der Waals surface area contributed by atoms with Crippen molar-refractivity contribution >= 4 is 0 Å². The Bertz CT molecular complexity index is 383. The van der Waals surface area contributed by atoms with Gasteiger partial charge < -0.3 is 5.73 Å². The Morgan fingerprint density at radius 2 is 1.62 bits per heavy atom. The lowest BCUT2D eigenvalue weighted by atomic mass is 9.99. The maximum Gasteiger partial charge on any atom is 0.0538 e. The van der Waals surface area contributed by atoms with E-state index in [2.05, 4.69) is 50.8 Å². The molecule has 0 aliphatic carbocycles. The molecule has 2 unspecified atom stereocenters. The molecular weight excluding hydrogens is 260 g/mol. The van der Waals surface area contributed by atoms with Crippen molar-refractivity contribution in [2.45, 2.75) is 59.5 Å². The molecule has 0 aliphatic heterocycles. The van der Waals surface area contributed by atoms with E-state index in [1.807, 2.05) is 17.9 Å². The highest BCUT2D eigenvalue weighted by Crippen LogP contribution is 2.25. The molecule has 1 aromatic rings. The third-order valence-corrected chi connectivity index (χ3v) is 3.95. The van der Waals surface area contributed by atoms with E-state index in [-0.39, 0.29) is 12.1 Å². The van der Waals surface area contributed by atoms with Crippen molar-refractivity contribution < 1.29 is 0 Å². The van der Waals surface area contributed by atoms with Crippen molar-refractivity contribution in [2.75, 3.05) is 13.1 Å². The second kappa shape index (κ2) is 8.54. The molecule has 0 aromatic carbocycles. The van der Waals surface area contributed by atoms with E-state index in [0.29, 0.717) is 11.8 Å². The second-order valence-electron chi connectivity index (χ2n) is 7.15. The van der Waals surface area contributed by atoms with Gasteiger partial charge in [-0.05, 0) is 44.7 Å². The van der Waals surface area contributed by atoms with E-state index in [9.17, 15) is 0 Å². The maximum absolute atomic E-state index is 6.31. The summed E-state index contributed by atoms with van der Waals surface area (Å²) in [4.78, 5) is 2.56. The molecule has 4 heteroatoms. The summed E-state index contributed by atoms with van der Waals surface area (Å²) in [6.45, 7) is 13.4. The zero-order chi connectivity index (χ0) is 16.0. The number of aryl methyl sites for hydroxylation is 1. The smallest absolute Gasteiger partial charge is 0.0538 e. The van der Waals surface area contributed by atoms with Gasteiger partial charge in [0, 0.05) is 24.8 Å². The lowest BCUT2D eigenvalue weighted by molar-refractivity contribution is 0.159. The van der Waals surface area contributed by atoms with Crippen molar-refractivity contribution in [3.63, 3.8) is 0 Å². The van der Waals surface area contributed by atoms with Crippen LogP contribution in [0.5, 0.6) is 0 Å². The molecule has 0 spiro atoms. The Morgan fingerprint density at radius 3 is 1.95 bits per heavy atom. The monoisotopic (exact) mass is 294 g/mol. The fraction of sp³-hybridized carbons (Fsp3) is 0.824. The molecule has 21 heavy (non-hydrogen) atoms. The summed E-state index contributed by atoms with van der Waals surface area (Å²) in [6.07, 6.45) is 6.49. The van der Waals surface area contributed by atoms with E-state index < -0.39 is 0 Å². The van der Waals surface area contributed by atoms with E-state index in [1.54, 1.807) is 0 Å². The molecule has 0 radical (unpaired) electrons. The van der Waals surface area contributed by atoms with Gasteiger partial charge >= 0.3 is 0 Å². The number of aromatic nitrogens is 2. The average molecular weight is 294 g/mol. The molecule has 4 nitrogen and oxygen atoms in total. The van der Waals surface area contributed by atoms with Gasteiger partial charge in [0.05, 0.1) is 12.2 Å². The third-order valence-electron chi connectivity index (χ3n) is 3.95. The van der Waals surface area contributed by atoms with E-state index in [0.717, 1.165) is 13.1 Å². The minimum Gasteiger partial charge on any atom is -0.326 e. The maximum atomic E-state index is 6.31. The number of nitrogens with two attached hydrogens (primary N) is 1. The summed E-state index contributed by atoms with van der Waals surface area (Å²) in [5, 5.41) is 4.33. The van der Waals surface area contributed by atoms with Gasteiger partial charge in [0.1, 0.15) is 0 Å². The molecule has 1 heterocycles. The summed E-state index contributed by atoms with van der Waals surface area (Å²) in [5.41, 5.74) is 7.55. The summed E-state index contributed by atoms with van der Waals surface area (Å²) in [5.74, 6) is 1.43. The van der Waals surface area contributed by atoms with Gasteiger partial charge in [-0.1, -0.05) is 27.7 Å². The van der Waals surface area contributed by atoms with Crippen LogP contribution in [0.4, 0.5) is 0 Å². The van der Waals surface area contributed by atoms with E-state index in [4.69, 9.17) is 5.73 Å². The Kier molecular flexibility index (Phi) is 7.40. The Labute approximate surface area is 130 Å². The van der Waals surface area contributed by atoms with Gasteiger partial charge in [0.2, 0.25) is 0 Å². The van der Waals surface area contributed by atoms with Gasteiger partial charge in [-0.15, -0.1) is 0 Å². The van der Waals surface area contributed by atoms with Crippen LogP contribution in [0.2, 0.25) is 0 Å². The van der Waals surface area contributed by atoms with Crippen molar-refractivity contribution in [1.29, 1.82) is 0 Å². The third kappa shape index (κ3) is 6.18. The van der Waals surface area contributed by atoms with Crippen LogP contribution in [-0.4, -0.2) is 33.8 Å². The first-order valence-corrected chi connectivity index (χ1v) is 8.29. The molecule has 1 aromatic heterocycles. The topological polar surface area (TPSA) is 47.1 Å². The lowest BCUT2D eigenvalue weighted by Crippen LogP contribution is -2.41. The van der Waals surface area contributed by atoms with Crippen LogP contribution < -0.4 is 5.73 Å². The van der Waals surface area contributed by atoms with Crippen LogP contribution >= 0.6 is 0 Å². The van der Waals surface area contributed by atoms with E-state index in [1.165, 1.54) is 18.4 Å². The van der Waals surface area contributed by atoms with Crippen LogP contribution in [0.15, 0.2) is 12.4 Å². The predicted octanol–water partition coefficient (Wildman–Crippen LogP) is 3.20. The van der Waals surface area contributed by atoms with Crippen LogP contribution in [0.1, 0.15) is 59.1 Å². The van der Waals surface area contributed by atoms with E-state index >= 15 is 0 Å². The molecular formula is C17H34N4. The molecule has 2 N–H and O–H groups in total. The minimum atomic E-state index is 0.105. The fourth-order valence-electron chi connectivity index (χ4n) is 2.68. The lowest BCUT2D eigenvalue weighted by Gasteiger charge is -2.34. The Balaban J connectivity index is 2.87. The van der Waals surface area contributed by atoms with Crippen molar-refractivity contribution in [3.05, 3.63) is 18.0 Å².